The van der Waals surface area contributed by atoms with E-state index in [2.05, 4.69) is 10.3 Å². The zero-order valence-corrected chi connectivity index (χ0v) is 16.8. The number of oxazole rings is 1. The van der Waals surface area contributed by atoms with Gasteiger partial charge in [-0.05, 0) is 18.1 Å². The summed E-state index contributed by atoms with van der Waals surface area (Å²) >= 11 is 1.42. The van der Waals surface area contributed by atoms with Crippen molar-refractivity contribution >= 4 is 23.6 Å². The molecule has 0 saturated carbocycles. The van der Waals surface area contributed by atoms with Gasteiger partial charge in [0.25, 0.3) is 0 Å². The number of nitrogens with one attached hydrogen (secondary N) is 1. The molecule has 1 heterocycles. The average molecular weight is 391 g/mol. The smallest absolute Gasteiger partial charge is 0.328 e. The summed E-state index contributed by atoms with van der Waals surface area (Å²) in [5, 5.41) is 2.81. The molecule has 1 aromatic heterocycles. The summed E-state index contributed by atoms with van der Waals surface area (Å²) in [5.41, 5.74) is 1.69. The van der Waals surface area contributed by atoms with Crippen LogP contribution < -0.4 is 5.32 Å². The lowest BCUT2D eigenvalue weighted by molar-refractivity contribution is -0.146. The molecular weight excluding hydrogens is 364 g/mol. The van der Waals surface area contributed by atoms with E-state index in [1.807, 2.05) is 44.2 Å². The molecule has 0 spiro atoms. The van der Waals surface area contributed by atoms with Crippen LogP contribution in [0.5, 0.6) is 0 Å². The van der Waals surface area contributed by atoms with Crippen molar-refractivity contribution in [1.29, 1.82) is 0 Å². The first-order valence-electron chi connectivity index (χ1n) is 9.03. The van der Waals surface area contributed by atoms with Gasteiger partial charge in [0.2, 0.25) is 11.8 Å². The summed E-state index contributed by atoms with van der Waals surface area (Å²) in [4.78, 5) is 28.7. The van der Waals surface area contributed by atoms with Crippen LogP contribution in [0.25, 0.3) is 11.5 Å². The number of benzene rings is 1. The van der Waals surface area contributed by atoms with E-state index in [4.69, 9.17) is 9.15 Å². The lowest BCUT2D eigenvalue weighted by Gasteiger charge is -2.23. The van der Waals surface area contributed by atoms with Crippen LogP contribution in [0.3, 0.4) is 0 Å². The largest absolute Gasteiger partial charge is 0.467 e. The normalized spacial score (nSPS) is 12.0. The molecule has 0 fully saturated rings. The van der Waals surface area contributed by atoms with Crippen LogP contribution in [-0.4, -0.2) is 35.8 Å². The Balaban J connectivity index is 1.84. The van der Waals surface area contributed by atoms with E-state index >= 15 is 0 Å². The molecule has 1 amide bonds. The minimum absolute atomic E-state index is 0.0652. The molecular formula is C20H26N2O4S. The Labute approximate surface area is 164 Å². The number of aromatic nitrogens is 1. The summed E-state index contributed by atoms with van der Waals surface area (Å²) < 4.78 is 10.3. The summed E-state index contributed by atoms with van der Waals surface area (Å²) in [6.45, 7) is 4.00. The maximum absolute atomic E-state index is 12.2. The first-order chi connectivity index (χ1) is 13.1. The van der Waals surface area contributed by atoms with E-state index in [0.717, 1.165) is 24.1 Å². The number of amides is 1. The molecule has 2 aromatic rings. The number of carbonyl (C=O) groups is 2. The van der Waals surface area contributed by atoms with Crippen molar-refractivity contribution in [1.82, 2.24) is 10.3 Å². The zero-order valence-electron chi connectivity index (χ0n) is 15.9. The van der Waals surface area contributed by atoms with E-state index in [0.29, 0.717) is 11.6 Å². The van der Waals surface area contributed by atoms with E-state index in [1.165, 1.54) is 18.9 Å². The second kappa shape index (κ2) is 10.8. The van der Waals surface area contributed by atoms with E-state index in [-0.39, 0.29) is 17.6 Å². The van der Waals surface area contributed by atoms with Gasteiger partial charge in [0.1, 0.15) is 12.3 Å². The third kappa shape index (κ3) is 6.13. The van der Waals surface area contributed by atoms with Gasteiger partial charge in [-0.3, -0.25) is 4.79 Å². The highest BCUT2D eigenvalue weighted by molar-refractivity contribution is 7.99. The lowest BCUT2D eigenvalue weighted by Crippen LogP contribution is -2.47. The number of hydrogen-bond acceptors (Lipinski definition) is 6. The van der Waals surface area contributed by atoms with Gasteiger partial charge in [-0.2, -0.15) is 0 Å². The van der Waals surface area contributed by atoms with Crippen molar-refractivity contribution in [2.75, 3.05) is 12.9 Å². The van der Waals surface area contributed by atoms with Crippen LogP contribution in [0.2, 0.25) is 0 Å². The molecule has 27 heavy (non-hydrogen) atoms. The van der Waals surface area contributed by atoms with Crippen molar-refractivity contribution < 1.29 is 18.7 Å². The highest BCUT2D eigenvalue weighted by Gasteiger charge is 2.28. The van der Waals surface area contributed by atoms with Crippen molar-refractivity contribution in [3.05, 3.63) is 42.3 Å². The number of esters is 1. The Morgan fingerprint density at radius 1 is 1.22 bits per heavy atom. The first kappa shape index (κ1) is 21.0. The van der Waals surface area contributed by atoms with Gasteiger partial charge in [-0.15, -0.1) is 11.8 Å². The Morgan fingerprint density at radius 2 is 1.93 bits per heavy atom. The van der Waals surface area contributed by atoms with Crippen LogP contribution in [0.15, 0.2) is 41.0 Å². The number of carbonyl (C=O) groups excluding carboxylic acids is 2. The Hall–Kier alpha value is -2.28. The molecule has 0 bridgehead atoms. The monoisotopic (exact) mass is 390 g/mol. The molecule has 1 N–H and O–H groups in total. The van der Waals surface area contributed by atoms with Gasteiger partial charge in [0.05, 0.1) is 18.6 Å². The summed E-state index contributed by atoms with van der Waals surface area (Å²) in [6.07, 6.45) is 3.20. The Kier molecular flexibility index (Phi) is 8.39. The second-order valence-corrected chi connectivity index (χ2v) is 7.13. The number of ether oxygens (including phenoxy) is 1. The fourth-order valence-electron chi connectivity index (χ4n) is 2.81. The summed E-state index contributed by atoms with van der Waals surface area (Å²) in [7, 11) is 1.34. The molecule has 1 unspecified atom stereocenters. The maximum Gasteiger partial charge on any atom is 0.328 e. The van der Waals surface area contributed by atoms with Gasteiger partial charge < -0.3 is 14.5 Å². The zero-order chi connectivity index (χ0) is 19.6. The fourth-order valence-corrected chi connectivity index (χ4v) is 3.52. The summed E-state index contributed by atoms with van der Waals surface area (Å²) in [5.74, 6) is 0.837. The molecule has 0 saturated heterocycles. The van der Waals surface area contributed by atoms with Gasteiger partial charge >= 0.3 is 5.97 Å². The van der Waals surface area contributed by atoms with Crippen molar-refractivity contribution in [2.45, 2.75) is 38.5 Å². The van der Waals surface area contributed by atoms with Crippen LogP contribution >= 0.6 is 11.8 Å². The van der Waals surface area contributed by atoms with Crippen LogP contribution in [0.1, 0.15) is 32.4 Å². The van der Waals surface area contributed by atoms with Crippen LogP contribution in [0.4, 0.5) is 0 Å². The van der Waals surface area contributed by atoms with E-state index < -0.39 is 12.0 Å². The Morgan fingerprint density at radius 3 is 2.56 bits per heavy atom. The molecule has 0 aliphatic heterocycles. The van der Waals surface area contributed by atoms with Crippen molar-refractivity contribution in [2.24, 2.45) is 5.92 Å². The van der Waals surface area contributed by atoms with E-state index in [1.54, 1.807) is 6.26 Å². The van der Waals surface area contributed by atoms with Crippen LogP contribution in [-0.2, 0) is 20.1 Å². The summed E-state index contributed by atoms with van der Waals surface area (Å²) in [6, 6.07) is 9.05. The molecule has 0 aliphatic carbocycles. The molecule has 1 atom stereocenters. The van der Waals surface area contributed by atoms with Crippen molar-refractivity contribution in [3.8, 4) is 11.5 Å². The minimum Gasteiger partial charge on any atom is -0.467 e. The molecule has 0 radical (unpaired) electrons. The van der Waals surface area contributed by atoms with Gasteiger partial charge in [-0.1, -0.05) is 44.9 Å². The van der Waals surface area contributed by atoms with Gasteiger partial charge in [0.15, 0.2) is 0 Å². The SMILES string of the molecule is CCC(CC)C(NC(=O)CSCc1coc(-c2ccccc2)n1)C(=O)OC. The van der Waals surface area contributed by atoms with Crippen LogP contribution in [0, 0.1) is 5.92 Å². The molecule has 1 aromatic carbocycles. The van der Waals surface area contributed by atoms with Gasteiger partial charge in [-0.25, -0.2) is 9.78 Å². The average Bonchev–Trinajstić information content (AvgIpc) is 3.17. The highest BCUT2D eigenvalue weighted by Crippen LogP contribution is 2.20. The maximum atomic E-state index is 12.2. The fraction of sp³-hybridized carbons (Fsp3) is 0.450. The highest BCUT2D eigenvalue weighted by atomic mass is 32.2. The molecule has 146 valence electrons. The third-order valence-electron chi connectivity index (χ3n) is 4.35. The quantitative estimate of drug-likeness (QED) is 0.624. The lowest BCUT2D eigenvalue weighted by atomic mass is 9.94. The standard InChI is InChI=1S/C20H26N2O4S/c1-4-14(5-2)18(20(24)25-3)22-17(23)13-27-12-16-11-26-19(21-16)15-9-7-6-8-10-15/h6-11,14,18H,4-5,12-13H2,1-3H3,(H,22,23). The number of thioether (sulfide) groups is 1. The molecule has 6 nitrogen and oxygen atoms in total. The first-order valence-corrected chi connectivity index (χ1v) is 10.2. The topological polar surface area (TPSA) is 81.4 Å². The Bertz CT molecular complexity index is 729. The molecule has 2 rings (SSSR count). The predicted octanol–water partition coefficient (Wildman–Crippen LogP) is 3.67. The minimum atomic E-state index is -0.602. The van der Waals surface area contributed by atoms with E-state index in [9.17, 15) is 9.59 Å². The second-order valence-electron chi connectivity index (χ2n) is 6.15. The van der Waals surface area contributed by atoms with Gasteiger partial charge in [0, 0.05) is 11.3 Å². The number of methoxy groups -OCH3 is 1. The molecule has 7 heteroatoms. The number of rotatable bonds is 10. The number of nitrogens with zero attached hydrogens (tertiary/aromatic N) is 1. The predicted molar refractivity (Wildman–Crippen MR) is 106 cm³/mol. The van der Waals surface area contributed by atoms with Crippen molar-refractivity contribution in [3.63, 3.8) is 0 Å². The number of hydrogen-bond donors (Lipinski definition) is 1. The molecule has 0 aliphatic rings. The third-order valence-corrected chi connectivity index (χ3v) is 5.31.